The van der Waals surface area contributed by atoms with E-state index in [2.05, 4.69) is 14.9 Å². The first-order valence-corrected chi connectivity index (χ1v) is 16.0. The van der Waals surface area contributed by atoms with E-state index in [0.717, 1.165) is 54.7 Å². The topological polar surface area (TPSA) is 151 Å². The number of fused-ring (bicyclic) bond motifs is 1. The Morgan fingerprint density at radius 1 is 1.24 bits per heavy atom. The van der Waals surface area contributed by atoms with Gasteiger partial charge in [-0.25, -0.2) is 23.3 Å². The number of aromatic nitrogens is 2. The number of esters is 1. The van der Waals surface area contributed by atoms with Crippen LogP contribution in [0, 0.1) is 5.92 Å². The van der Waals surface area contributed by atoms with Crippen LogP contribution in [0.3, 0.4) is 0 Å². The van der Waals surface area contributed by atoms with Crippen LogP contribution in [0.2, 0.25) is 0 Å². The molecule has 1 aliphatic carbocycles. The van der Waals surface area contributed by atoms with Gasteiger partial charge in [0.2, 0.25) is 5.91 Å². The molecule has 3 aromatic rings. The van der Waals surface area contributed by atoms with Crippen molar-refractivity contribution >= 4 is 61.2 Å². The second kappa shape index (κ2) is 12.0. The first-order valence-electron chi connectivity index (χ1n) is 14.1. The fourth-order valence-corrected chi connectivity index (χ4v) is 7.54. The van der Waals surface area contributed by atoms with Crippen molar-refractivity contribution in [2.24, 2.45) is 5.92 Å². The number of hydrogen-bond acceptors (Lipinski definition) is 10. The predicted molar refractivity (Wildman–Crippen MR) is 161 cm³/mol. The first kappa shape index (κ1) is 28.6. The molecular weight excluding hydrogens is 580 g/mol. The highest BCUT2D eigenvalue weighted by Crippen LogP contribution is 2.37. The van der Waals surface area contributed by atoms with Crippen molar-refractivity contribution in [3.8, 4) is 5.75 Å². The number of methoxy groups -OCH3 is 1. The third kappa shape index (κ3) is 5.75. The van der Waals surface area contributed by atoms with Crippen molar-refractivity contribution < 1.29 is 27.8 Å². The number of ether oxygens (including phenoxy) is 2. The maximum absolute atomic E-state index is 13.9. The van der Waals surface area contributed by atoms with E-state index in [4.69, 9.17) is 15.2 Å². The molecule has 2 aliphatic heterocycles. The molecule has 1 unspecified atom stereocenters. The van der Waals surface area contributed by atoms with E-state index in [1.165, 1.54) is 27.7 Å². The van der Waals surface area contributed by atoms with Crippen LogP contribution in [0.4, 0.5) is 16.0 Å². The zero-order valence-electron chi connectivity index (χ0n) is 23.3. The normalized spacial score (nSPS) is 20.2. The summed E-state index contributed by atoms with van der Waals surface area (Å²) in [6, 6.07) is 3.63. The van der Waals surface area contributed by atoms with Gasteiger partial charge in [0.25, 0.3) is 11.3 Å². The Balaban J connectivity index is 1.28. The largest absolute Gasteiger partial charge is 0.496 e. The Labute approximate surface area is 250 Å². The number of anilines is 3. The number of carbonyl (C=O) groups excluding carboxylic acids is 2. The molecule has 42 heavy (non-hydrogen) atoms. The summed E-state index contributed by atoms with van der Waals surface area (Å²) in [6.07, 6.45) is 7.75. The van der Waals surface area contributed by atoms with Crippen LogP contribution >= 0.6 is 11.3 Å². The SMILES string of the molecule is COc1cc2c(N)nccc2cc1C[C@H](C(=O)OCC1CC1)N1CC[C@H](N(c2cnc(N3CCCC3)s2)S(=O)O)C1=O. The summed E-state index contributed by atoms with van der Waals surface area (Å²) in [6.45, 7) is 2.31. The first-order chi connectivity index (χ1) is 20.3. The lowest BCUT2D eigenvalue weighted by molar-refractivity contribution is -0.154. The molecule has 4 heterocycles. The Bertz CT molecular complexity index is 1510. The van der Waals surface area contributed by atoms with Gasteiger partial charge < -0.3 is 25.0 Å². The van der Waals surface area contributed by atoms with E-state index >= 15 is 0 Å². The molecule has 1 amide bonds. The van der Waals surface area contributed by atoms with Gasteiger partial charge in [0.1, 0.15) is 28.7 Å². The quantitative estimate of drug-likeness (QED) is 0.244. The van der Waals surface area contributed by atoms with E-state index in [9.17, 15) is 18.4 Å². The minimum atomic E-state index is -2.47. The predicted octanol–water partition coefficient (Wildman–Crippen LogP) is 2.99. The molecule has 6 rings (SSSR count). The number of nitrogens with two attached hydrogens (primary N) is 1. The molecule has 3 fully saturated rings. The molecule has 0 spiro atoms. The monoisotopic (exact) mass is 614 g/mol. The van der Waals surface area contributed by atoms with Crippen LogP contribution in [0.5, 0.6) is 5.75 Å². The van der Waals surface area contributed by atoms with Gasteiger partial charge in [0.05, 0.1) is 19.9 Å². The van der Waals surface area contributed by atoms with Crippen molar-refractivity contribution in [2.45, 2.75) is 50.6 Å². The van der Waals surface area contributed by atoms with Gasteiger partial charge in [0.15, 0.2) is 5.13 Å². The summed E-state index contributed by atoms with van der Waals surface area (Å²) >= 11 is -1.18. The fraction of sp³-hybridized carbons (Fsp3) is 0.500. The number of rotatable bonds is 11. The number of benzene rings is 1. The second-order valence-electron chi connectivity index (χ2n) is 10.9. The Kier molecular flexibility index (Phi) is 8.19. The number of likely N-dealkylation sites (tertiary alicyclic amines) is 1. The van der Waals surface area contributed by atoms with E-state index in [1.807, 2.05) is 12.1 Å². The van der Waals surface area contributed by atoms with E-state index < -0.39 is 35.2 Å². The maximum atomic E-state index is 13.9. The molecule has 12 nitrogen and oxygen atoms in total. The number of carbonyl (C=O) groups is 2. The van der Waals surface area contributed by atoms with Crippen LogP contribution in [0.25, 0.3) is 10.8 Å². The number of thiazole rings is 1. The minimum Gasteiger partial charge on any atom is -0.496 e. The minimum absolute atomic E-state index is 0.144. The lowest BCUT2D eigenvalue weighted by Crippen LogP contribution is -2.49. The molecule has 0 radical (unpaired) electrons. The standard InChI is InChI=1S/C28H34N6O6S2/c1-39-23-14-20-18(6-8-30-25(20)29)12-19(23)13-22(27(36)40-16-17-4-5-17)33-11-7-21(26(33)35)34(42(37)38)24-15-31-28(41-24)32-9-2-3-10-32/h6,8,12,14-15,17,21-22H,2-5,7,9-11,13,16H2,1H3,(H2,29,30)(H,37,38)/t21-,22+/m0/s1. The van der Waals surface area contributed by atoms with Crippen LogP contribution < -0.4 is 19.7 Å². The van der Waals surface area contributed by atoms with E-state index in [1.54, 1.807) is 18.5 Å². The summed E-state index contributed by atoms with van der Waals surface area (Å²) in [5.41, 5.74) is 6.78. The van der Waals surface area contributed by atoms with Crippen molar-refractivity contribution in [1.82, 2.24) is 14.9 Å². The van der Waals surface area contributed by atoms with Gasteiger partial charge in [-0.15, -0.1) is 0 Å². The molecule has 1 saturated carbocycles. The van der Waals surface area contributed by atoms with Crippen LogP contribution in [-0.4, -0.2) is 80.9 Å². The lowest BCUT2D eigenvalue weighted by Gasteiger charge is -2.29. The molecule has 14 heteroatoms. The highest BCUT2D eigenvalue weighted by Gasteiger charge is 2.45. The van der Waals surface area contributed by atoms with Gasteiger partial charge in [-0.3, -0.25) is 9.35 Å². The van der Waals surface area contributed by atoms with E-state index in [0.29, 0.717) is 34.7 Å². The molecule has 224 valence electrons. The molecular formula is C28H34N6O6S2. The molecule has 3 N–H and O–H groups in total. The number of amides is 1. The Morgan fingerprint density at radius 3 is 2.74 bits per heavy atom. The third-order valence-corrected chi connectivity index (χ3v) is 10.1. The maximum Gasteiger partial charge on any atom is 0.329 e. The van der Waals surface area contributed by atoms with Crippen molar-refractivity contribution in [2.75, 3.05) is 48.3 Å². The Hall–Kier alpha value is -3.49. The molecule has 2 aromatic heterocycles. The summed E-state index contributed by atoms with van der Waals surface area (Å²) in [5, 5.41) is 2.76. The summed E-state index contributed by atoms with van der Waals surface area (Å²) < 4.78 is 35.4. The average Bonchev–Trinajstić information content (AvgIpc) is 3.30. The molecule has 0 bridgehead atoms. The van der Waals surface area contributed by atoms with Gasteiger partial charge in [-0.05, 0) is 67.2 Å². The fourth-order valence-electron chi connectivity index (χ4n) is 5.70. The zero-order chi connectivity index (χ0) is 29.4. The number of nitrogen functional groups attached to an aromatic ring is 1. The summed E-state index contributed by atoms with van der Waals surface area (Å²) in [5.74, 6) is 0.324. The van der Waals surface area contributed by atoms with Gasteiger partial charge in [-0.1, -0.05) is 11.3 Å². The second-order valence-corrected chi connectivity index (χ2v) is 12.8. The van der Waals surface area contributed by atoms with Crippen LogP contribution in [-0.2, 0) is 32.0 Å². The molecule has 1 aromatic carbocycles. The highest BCUT2D eigenvalue weighted by atomic mass is 32.2. The van der Waals surface area contributed by atoms with Gasteiger partial charge >= 0.3 is 5.97 Å². The smallest absolute Gasteiger partial charge is 0.329 e. The number of nitrogens with zero attached hydrogens (tertiary/aromatic N) is 5. The number of pyridine rings is 1. The Morgan fingerprint density at radius 2 is 2.02 bits per heavy atom. The average molecular weight is 615 g/mol. The zero-order valence-corrected chi connectivity index (χ0v) is 24.9. The number of hydrogen-bond donors (Lipinski definition) is 2. The highest BCUT2D eigenvalue weighted by molar-refractivity contribution is 7.81. The third-order valence-electron chi connectivity index (χ3n) is 8.15. The van der Waals surface area contributed by atoms with Crippen LogP contribution in [0.1, 0.15) is 37.7 Å². The van der Waals surface area contributed by atoms with Gasteiger partial charge in [-0.2, -0.15) is 0 Å². The van der Waals surface area contributed by atoms with Crippen molar-refractivity contribution in [3.05, 3.63) is 36.2 Å². The molecule has 3 aliphatic rings. The summed E-state index contributed by atoms with van der Waals surface area (Å²) in [7, 11) is 1.54. The van der Waals surface area contributed by atoms with Crippen LogP contribution in [0.15, 0.2) is 30.6 Å². The van der Waals surface area contributed by atoms with Gasteiger partial charge in [0, 0.05) is 37.6 Å². The molecule has 3 atom stereocenters. The molecule has 2 saturated heterocycles. The summed E-state index contributed by atoms with van der Waals surface area (Å²) in [4.78, 5) is 39.7. The van der Waals surface area contributed by atoms with Crippen molar-refractivity contribution in [1.29, 1.82) is 0 Å². The van der Waals surface area contributed by atoms with Crippen molar-refractivity contribution in [3.63, 3.8) is 0 Å². The lowest BCUT2D eigenvalue weighted by atomic mass is 10.00. The van der Waals surface area contributed by atoms with E-state index in [-0.39, 0.29) is 19.4 Å².